The van der Waals surface area contributed by atoms with Crippen molar-refractivity contribution in [2.75, 3.05) is 0 Å². The summed E-state index contributed by atoms with van der Waals surface area (Å²) >= 11 is 0. The van der Waals surface area contributed by atoms with E-state index in [4.69, 9.17) is 0 Å². The smallest absolute Gasteiger partial charge is 0.000994 e. The van der Waals surface area contributed by atoms with E-state index in [-0.39, 0.29) is 0 Å². The standard InChI is InChI=1S/C20H30/c1-4-7-8-9-10-14-17-20(18(5-2)6-3)19-15-12-11-13-16-19/h5-6,11-13,15-16,18,20H,2-4,7-10,14,17H2,1H3. The van der Waals surface area contributed by atoms with Crippen molar-refractivity contribution in [1.82, 2.24) is 0 Å². The topological polar surface area (TPSA) is 0 Å². The van der Waals surface area contributed by atoms with E-state index >= 15 is 0 Å². The minimum atomic E-state index is 0.382. The summed E-state index contributed by atoms with van der Waals surface area (Å²) in [7, 11) is 0. The van der Waals surface area contributed by atoms with Gasteiger partial charge in [0.2, 0.25) is 0 Å². The predicted molar refractivity (Wildman–Crippen MR) is 91.1 cm³/mol. The molecule has 0 saturated heterocycles. The highest BCUT2D eigenvalue weighted by molar-refractivity contribution is 5.23. The van der Waals surface area contributed by atoms with Crippen LogP contribution >= 0.6 is 0 Å². The Morgan fingerprint density at radius 3 is 2.10 bits per heavy atom. The maximum Gasteiger partial charge on any atom is 0.000994 e. The zero-order chi connectivity index (χ0) is 14.6. The predicted octanol–water partition coefficient (Wildman–Crippen LogP) is 6.51. The Morgan fingerprint density at radius 2 is 1.50 bits per heavy atom. The highest BCUT2D eigenvalue weighted by Crippen LogP contribution is 2.31. The van der Waals surface area contributed by atoms with Crippen molar-refractivity contribution in [2.45, 2.75) is 57.8 Å². The Hall–Kier alpha value is -1.30. The quantitative estimate of drug-likeness (QED) is 0.317. The van der Waals surface area contributed by atoms with E-state index in [9.17, 15) is 0 Å². The molecule has 0 heteroatoms. The molecule has 0 aliphatic rings. The number of allylic oxidation sites excluding steroid dienone is 2. The molecule has 0 aliphatic heterocycles. The van der Waals surface area contributed by atoms with Gasteiger partial charge in [0.25, 0.3) is 0 Å². The van der Waals surface area contributed by atoms with Gasteiger partial charge in [-0.3, -0.25) is 0 Å². The lowest BCUT2D eigenvalue weighted by Gasteiger charge is -2.22. The van der Waals surface area contributed by atoms with Crippen molar-refractivity contribution < 1.29 is 0 Å². The molecule has 20 heavy (non-hydrogen) atoms. The van der Waals surface area contributed by atoms with E-state index in [2.05, 4.69) is 50.4 Å². The van der Waals surface area contributed by atoms with Gasteiger partial charge in [0.15, 0.2) is 0 Å². The first-order valence-corrected chi connectivity index (χ1v) is 8.13. The molecule has 1 atom stereocenters. The first-order chi connectivity index (χ1) is 9.83. The van der Waals surface area contributed by atoms with Gasteiger partial charge >= 0.3 is 0 Å². The minimum absolute atomic E-state index is 0.382. The number of benzene rings is 1. The van der Waals surface area contributed by atoms with Crippen LogP contribution in [0.3, 0.4) is 0 Å². The second kappa shape index (κ2) is 10.5. The summed E-state index contributed by atoms with van der Waals surface area (Å²) in [6.45, 7) is 10.2. The van der Waals surface area contributed by atoms with Crippen LogP contribution in [0.4, 0.5) is 0 Å². The summed E-state index contributed by atoms with van der Waals surface area (Å²) in [5.41, 5.74) is 1.42. The van der Waals surface area contributed by atoms with Crippen molar-refractivity contribution >= 4 is 0 Å². The van der Waals surface area contributed by atoms with E-state index in [0.717, 1.165) is 0 Å². The zero-order valence-corrected chi connectivity index (χ0v) is 13.1. The van der Waals surface area contributed by atoms with Crippen LogP contribution in [-0.4, -0.2) is 0 Å². The molecular weight excluding hydrogens is 240 g/mol. The molecule has 0 bridgehead atoms. The minimum Gasteiger partial charge on any atom is -0.102 e. The molecule has 0 amide bonds. The van der Waals surface area contributed by atoms with Crippen molar-refractivity contribution in [3.63, 3.8) is 0 Å². The van der Waals surface area contributed by atoms with E-state index < -0.39 is 0 Å². The van der Waals surface area contributed by atoms with Gasteiger partial charge in [0.1, 0.15) is 0 Å². The molecule has 0 radical (unpaired) electrons. The molecule has 0 nitrogen and oxygen atoms in total. The van der Waals surface area contributed by atoms with E-state index in [1.807, 2.05) is 12.2 Å². The van der Waals surface area contributed by atoms with Crippen LogP contribution < -0.4 is 0 Å². The fourth-order valence-corrected chi connectivity index (χ4v) is 2.85. The lowest BCUT2D eigenvalue weighted by atomic mass is 9.82. The maximum atomic E-state index is 3.98. The number of unbranched alkanes of at least 4 members (excludes halogenated alkanes) is 5. The molecule has 0 aliphatic carbocycles. The monoisotopic (exact) mass is 270 g/mol. The highest BCUT2D eigenvalue weighted by atomic mass is 14.2. The lowest BCUT2D eigenvalue weighted by Crippen LogP contribution is -2.08. The van der Waals surface area contributed by atoms with Crippen LogP contribution in [0, 0.1) is 5.92 Å². The maximum absolute atomic E-state index is 3.98. The van der Waals surface area contributed by atoms with Gasteiger partial charge < -0.3 is 0 Å². The van der Waals surface area contributed by atoms with Crippen LogP contribution in [0.25, 0.3) is 0 Å². The Balaban J connectivity index is 2.51. The van der Waals surface area contributed by atoms with Gasteiger partial charge in [-0.2, -0.15) is 0 Å². The second-order valence-corrected chi connectivity index (χ2v) is 5.62. The van der Waals surface area contributed by atoms with Crippen LogP contribution in [-0.2, 0) is 0 Å². The number of hydrogen-bond donors (Lipinski definition) is 0. The molecule has 1 unspecified atom stereocenters. The first kappa shape index (κ1) is 16.8. The van der Waals surface area contributed by atoms with Crippen molar-refractivity contribution in [2.24, 2.45) is 5.92 Å². The van der Waals surface area contributed by atoms with Crippen LogP contribution in [0.15, 0.2) is 55.6 Å². The summed E-state index contributed by atoms with van der Waals surface area (Å²) < 4.78 is 0. The first-order valence-electron chi connectivity index (χ1n) is 8.13. The fourth-order valence-electron chi connectivity index (χ4n) is 2.85. The molecule has 0 heterocycles. The van der Waals surface area contributed by atoms with E-state index in [1.165, 1.54) is 50.5 Å². The van der Waals surface area contributed by atoms with E-state index in [0.29, 0.717) is 11.8 Å². The Bertz CT molecular complexity index is 355. The van der Waals surface area contributed by atoms with Gasteiger partial charge in [-0.15, -0.1) is 13.2 Å². The van der Waals surface area contributed by atoms with Crippen molar-refractivity contribution in [3.05, 3.63) is 61.2 Å². The molecule has 0 N–H and O–H groups in total. The summed E-state index contributed by atoms with van der Waals surface area (Å²) in [5.74, 6) is 0.922. The van der Waals surface area contributed by atoms with Crippen molar-refractivity contribution in [1.29, 1.82) is 0 Å². The van der Waals surface area contributed by atoms with Gasteiger partial charge in [0.05, 0.1) is 0 Å². The molecule has 0 fully saturated rings. The van der Waals surface area contributed by atoms with Crippen LogP contribution in [0.5, 0.6) is 0 Å². The molecular formula is C20H30. The Kier molecular flexibility index (Phi) is 8.78. The largest absolute Gasteiger partial charge is 0.102 e. The number of hydrogen-bond acceptors (Lipinski definition) is 0. The summed E-state index contributed by atoms with van der Waals surface area (Å²) in [6.07, 6.45) is 13.4. The molecule has 0 saturated carbocycles. The lowest BCUT2D eigenvalue weighted by molar-refractivity contribution is 0.498. The van der Waals surface area contributed by atoms with Gasteiger partial charge in [-0.1, -0.05) is 87.9 Å². The Labute approximate surface area is 125 Å². The van der Waals surface area contributed by atoms with Gasteiger partial charge in [0, 0.05) is 5.92 Å². The number of rotatable bonds is 11. The molecule has 110 valence electrons. The van der Waals surface area contributed by atoms with Crippen LogP contribution in [0.1, 0.15) is 63.4 Å². The Morgan fingerprint density at radius 1 is 0.900 bits per heavy atom. The molecule has 1 aromatic carbocycles. The third-order valence-electron chi connectivity index (χ3n) is 4.11. The summed E-state index contributed by atoms with van der Waals surface area (Å²) in [4.78, 5) is 0. The van der Waals surface area contributed by atoms with Gasteiger partial charge in [-0.05, 0) is 17.9 Å². The average molecular weight is 270 g/mol. The second-order valence-electron chi connectivity index (χ2n) is 5.62. The highest BCUT2D eigenvalue weighted by Gasteiger charge is 2.17. The third-order valence-corrected chi connectivity index (χ3v) is 4.11. The molecule has 1 aromatic rings. The zero-order valence-electron chi connectivity index (χ0n) is 13.1. The molecule has 0 spiro atoms. The SMILES string of the molecule is C=CC(C=C)C(CCCCCCCC)c1ccccc1. The van der Waals surface area contributed by atoms with Crippen molar-refractivity contribution in [3.8, 4) is 0 Å². The summed E-state index contributed by atoms with van der Waals surface area (Å²) in [5, 5.41) is 0. The third kappa shape index (κ3) is 5.77. The normalized spacial score (nSPS) is 12.3. The van der Waals surface area contributed by atoms with Gasteiger partial charge in [-0.25, -0.2) is 0 Å². The average Bonchev–Trinajstić information content (AvgIpc) is 2.50. The fraction of sp³-hybridized carbons (Fsp3) is 0.500. The summed E-state index contributed by atoms with van der Waals surface area (Å²) in [6, 6.07) is 10.8. The van der Waals surface area contributed by atoms with Crippen LogP contribution in [0.2, 0.25) is 0 Å². The molecule has 1 rings (SSSR count). The molecule has 0 aromatic heterocycles. The van der Waals surface area contributed by atoms with E-state index in [1.54, 1.807) is 0 Å².